The van der Waals surface area contributed by atoms with Crippen molar-refractivity contribution in [3.8, 4) is 0 Å². The maximum absolute atomic E-state index is 12.1. The highest BCUT2D eigenvalue weighted by atomic mass is 35.5. The number of hydrogen-bond acceptors (Lipinski definition) is 5. The second kappa shape index (κ2) is 4.95. The molecule has 1 N–H and O–H groups in total. The molecule has 0 saturated carbocycles. The maximum atomic E-state index is 12.1. The molecule has 1 aliphatic heterocycles. The Balaban J connectivity index is 1.97. The van der Waals surface area contributed by atoms with Gasteiger partial charge in [-0.3, -0.25) is 9.69 Å². The molecule has 1 saturated heterocycles. The molecule has 0 radical (unpaired) electrons. The third-order valence-electron chi connectivity index (χ3n) is 3.10. The van der Waals surface area contributed by atoms with Crippen LogP contribution in [-0.4, -0.2) is 38.9 Å². The van der Waals surface area contributed by atoms with Crippen molar-refractivity contribution in [1.82, 2.24) is 19.9 Å². The van der Waals surface area contributed by atoms with E-state index in [1.807, 2.05) is 0 Å². The van der Waals surface area contributed by atoms with Crippen LogP contribution in [0.3, 0.4) is 0 Å². The summed E-state index contributed by atoms with van der Waals surface area (Å²) in [5, 5.41) is 3.54. The number of imidazole rings is 1. The van der Waals surface area contributed by atoms with Crippen LogP contribution in [-0.2, 0) is 4.79 Å². The van der Waals surface area contributed by atoms with Crippen molar-refractivity contribution < 1.29 is 4.79 Å². The molecule has 1 amide bonds. The van der Waals surface area contributed by atoms with Crippen molar-refractivity contribution in [2.45, 2.75) is 6.42 Å². The number of nitrogens with one attached hydrogen (secondary N) is 1. The number of fused-ring (bicyclic) bond motifs is 1. The van der Waals surface area contributed by atoms with E-state index >= 15 is 0 Å². The molecule has 0 spiro atoms. The van der Waals surface area contributed by atoms with Crippen LogP contribution in [0.25, 0.3) is 21.6 Å². The van der Waals surface area contributed by atoms with Crippen LogP contribution in [0.2, 0.25) is 5.28 Å². The third-order valence-corrected chi connectivity index (χ3v) is 3.27. The summed E-state index contributed by atoms with van der Waals surface area (Å²) in [5.41, 5.74) is 9.30. The molecule has 0 bridgehead atoms. The molecular formula is C10H9ClN8O. The van der Waals surface area contributed by atoms with E-state index in [4.69, 9.17) is 17.1 Å². The summed E-state index contributed by atoms with van der Waals surface area (Å²) in [5.74, 6) is 0.296. The second-order valence-corrected chi connectivity index (χ2v) is 4.74. The van der Waals surface area contributed by atoms with Gasteiger partial charge in [0.2, 0.25) is 11.2 Å². The maximum Gasteiger partial charge on any atom is 0.228 e. The summed E-state index contributed by atoms with van der Waals surface area (Å²) in [6, 6.07) is 0. The number of amides is 1. The van der Waals surface area contributed by atoms with Gasteiger partial charge in [0.25, 0.3) is 0 Å². The molecule has 1 aliphatic rings. The molecule has 1 fully saturated rings. The van der Waals surface area contributed by atoms with E-state index in [0.717, 1.165) is 0 Å². The van der Waals surface area contributed by atoms with Gasteiger partial charge in [-0.05, 0) is 23.0 Å². The first kappa shape index (κ1) is 12.6. The predicted octanol–water partition coefficient (Wildman–Crippen LogP) is 1.67. The van der Waals surface area contributed by atoms with Crippen molar-refractivity contribution in [2.75, 3.05) is 18.0 Å². The molecule has 0 aromatic carbocycles. The molecule has 102 valence electrons. The number of aromatic nitrogens is 4. The predicted molar refractivity (Wildman–Crippen MR) is 71.2 cm³/mol. The fraction of sp³-hybridized carbons (Fsp3) is 0.400. The molecule has 3 heterocycles. The Hall–Kier alpha value is -2.38. The monoisotopic (exact) mass is 292 g/mol. The molecule has 0 aliphatic carbocycles. The standard InChI is InChI=1S/C10H9ClN8O/c11-10-16-8-7(13-4-14-8)9(17-10)19-3-5(1-6(19)20)2-15-18-12/h4-5H,1-3H2,(H,13,14,16,17). The highest BCUT2D eigenvalue weighted by Crippen LogP contribution is 2.29. The van der Waals surface area contributed by atoms with Crippen molar-refractivity contribution in [3.63, 3.8) is 0 Å². The minimum Gasteiger partial charge on any atom is -0.340 e. The summed E-state index contributed by atoms with van der Waals surface area (Å²) in [7, 11) is 0. The molecule has 9 nitrogen and oxygen atoms in total. The summed E-state index contributed by atoms with van der Waals surface area (Å²) in [4.78, 5) is 31.3. The smallest absolute Gasteiger partial charge is 0.228 e. The Morgan fingerprint density at radius 3 is 3.25 bits per heavy atom. The quantitative estimate of drug-likeness (QED) is 0.400. The number of rotatable bonds is 3. The SMILES string of the molecule is [N-]=[N+]=NCC1CC(=O)N(c2nc(Cl)nc3nc[nH]c23)C1. The highest BCUT2D eigenvalue weighted by molar-refractivity contribution is 6.28. The molecule has 1 unspecified atom stereocenters. The zero-order valence-corrected chi connectivity index (χ0v) is 10.9. The van der Waals surface area contributed by atoms with Gasteiger partial charge in [0.05, 0.1) is 6.33 Å². The van der Waals surface area contributed by atoms with Crippen LogP contribution in [0.5, 0.6) is 0 Å². The number of carbonyl (C=O) groups excluding carboxylic acids is 1. The van der Waals surface area contributed by atoms with Gasteiger partial charge in [-0.25, -0.2) is 4.98 Å². The van der Waals surface area contributed by atoms with Crippen molar-refractivity contribution >= 4 is 34.5 Å². The number of nitrogens with zero attached hydrogens (tertiary/aromatic N) is 7. The van der Waals surface area contributed by atoms with Crippen LogP contribution in [0.4, 0.5) is 5.82 Å². The molecule has 20 heavy (non-hydrogen) atoms. The minimum atomic E-state index is -0.0891. The van der Waals surface area contributed by atoms with Crippen LogP contribution < -0.4 is 4.90 Å². The second-order valence-electron chi connectivity index (χ2n) is 4.41. The Bertz CT molecular complexity index is 721. The summed E-state index contributed by atoms with van der Waals surface area (Å²) < 4.78 is 0. The summed E-state index contributed by atoms with van der Waals surface area (Å²) >= 11 is 5.85. The van der Waals surface area contributed by atoms with Gasteiger partial charge in [0.15, 0.2) is 11.5 Å². The van der Waals surface area contributed by atoms with Gasteiger partial charge in [-0.2, -0.15) is 9.97 Å². The number of anilines is 1. The van der Waals surface area contributed by atoms with E-state index in [1.165, 1.54) is 11.2 Å². The Labute approximate surface area is 117 Å². The van der Waals surface area contributed by atoms with Gasteiger partial charge in [-0.15, -0.1) is 0 Å². The van der Waals surface area contributed by atoms with E-state index in [9.17, 15) is 4.79 Å². The Morgan fingerprint density at radius 2 is 2.45 bits per heavy atom. The van der Waals surface area contributed by atoms with Crippen molar-refractivity contribution in [3.05, 3.63) is 22.1 Å². The van der Waals surface area contributed by atoms with Crippen molar-refractivity contribution in [1.29, 1.82) is 0 Å². The average molecular weight is 293 g/mol. The lowest BCUT2D eigenvalue weighted by Crippen LogP contribution is -2.26. The lowest BCUT2D eigenvalue weighted by atomic mass is 10.1. The Kier molecular flexibility index (Phi) is 3.13. The van der Waals surface area contributed by atoms with Crippen LogP contribution >= 0.6 is 11.6 Å². The molecule has 2 aromatic heterocycles. The number of carbonyl (C=O) groups is 1. The fourth-order valence-electron chi connectivity index (χ4n) is 2.25. The summed E-state index contributed by atoms with van der Waals surface area (Å²) in [6.07, 6.45) is 1.79. The van der Waals surface area contributed by atoms with Gasteiger partial charge in [0, 0.05) is 24.4 Å². The third kappa shape index (κ3) is 2.13. The van der Waals surface area contributed by atoms with Crippen molar-refractivity contribution in [2.24, 2.45) is 11.0 Å². The minimum absolute atomic E-state index is 0.0230. The van der Waals surface area contributed by atoms with E-state index in [2.05, 4.69) is 30.0 Å². The molecular weight excluding hydrogens is 284 g/mol. The number of halogens is 1. The van der Waals surface area contributed by atoms with E-state index in [-0.39, 0.29) is 23.7 Å². The molecule has 2 aromatic rings. The number of aromatic amines is 1. The van der Waals surface area contributed by atoms with Gasteiger partial charge in [-0.1, -0.05) is 5.11 Å². The van der Waals surface area contributed by atoms with Crippen LogP contribution in [0.15, 0.2) is 11.4 Å². The fourth-order valence-corrected chi connectivity index (χ4v) is 2.41. The highest BCUT2D eigenvalue weighted by Gasteiger charge is 2.32. The summed E-state index contributed by atoms with van der Waals surface area (Å²) in [6.45, 7) is 0.711. The molecule has 10 heteroatoms. The zero-order chi connectivity index (χ0) is 14.1. The van der Waals surface area contributed by atoms with Gasteiger partial charge < -0.3 is 4.98 Å². The first-order chi connectivity index (χ1) is 9.69. The largest absolute Gasteiger partial charge is 0.340 e. The number of H-pyrrole nitrogens is 1. The topological polar surface area (TPSA) is 124 Å². The number of hydrogen-bond donors (Lipinski definition) is 1. The zero-order valence-electron chi connectivity index (χ0n) is 10.2. The van der Waals surface area contributed by atoms with Crippen LogP contribution in [0, 0.1) is 5.92 Å². The Morgan fingerprint density at radius 1 is 1.60 bits per heavy atom. The first-order valence-electron chi connectivity index (χ1n) is 5.87. The average Bonchev–Trinajstić information content (AvgIpc) is 3.01. The van der Waals surface area contributed by atoms with E-state index < -0.39 is 0 Å². The molecule has 3 rings (SSSR count). The van der Waals surface area contributed by atoms with E-state index in [0.29, 0.717) is 29.9 Å². The van der Waals surface area contributed by atoms with E-state index in [1.54, 1.807) is 0 Å². The lowest BCUT2D eigenvalue weighted by Gasteiger charge is -2.15. The van der Waals surface area contributed by atoms with Gasteiger partial charge >= 0.3 is 0 Å². The normalized spacial score (nSPS) is 18.6. The lowest BCUT2D eigenvalue weighted by molar-refractivity contribution is -0.117. The van der Waals surface area contributed by atoms with Gasteiger partial charge in [0.1, 0.15) is 5.52 Å². The number of azide groups is 1. The first-order valence-corrected chi connectivity index (χ1v) is 6.24. The van der Waals surface area contributed by atoms with Crippen LogP contribution in [0.1, 0.15) is 6.42 Å². The molecule has 1 atom stereocenters.